The van der Waals surface area contributed by atoms with Crippen molar-refractivity contribution in [2.45, 2.75) is 19.8 Å². The first-order valence-electron chi connectivity index (χ1n) is 12.4. The molecule has 1 heterocycles. The molecule has 0 fully saturated rings. The minimum atomic E-state index is -0.150. The lowest BCUT2D eigenvalue weighted by molar-refractivity contribution is -0.123. The summed E-state index contributed by atoms with van der Waals surface area (Å²) in [5, 5.41) is 7.17. The molecule has 2 amide bonds. The zero-order chi connectivity index (χ0) is 26.4. The van der Waals surface area contributed by atoms with E-state index in [0.29, 0.717) is 6.54 Å². The summed E-state index contributed by atoms with van der Waals surface area (Å²) < 4.78 is 5.32. The average Bonchev–Trinajstić information content (AvgIpc) is 3.31. The van der Waals surface area contributed by atoms with Crippen molar-refractivity contribution in [3.63, 3.8) is 0 Å². The average molecular weight is 499 g/mol. The van der Waals surface area contributed by atoms with Gasteiger partial charge >= 0.3 is 0 Å². The molecular formula is C30H34N4O3. The van der Waals surface area contributed by atoms with Gasteiger partial charge in [0.25, 0.3) is 0 Å². The summed E-state index contributed by atoms with van der Waals surface area (Å²) in [4.78, 5) is 30.5. The number of rotatable bonds is 10. The van der Waals surface area contributed by atoms with Crippen LogP contribution in [0.3, 0.4) is 0 Å². The standard InChI is InChI=1S/C30H34N4O3/c1-20-8-7-9-21(2)30(20)33-29(36)19-34(3)18-28(35)32-16-25(22-12-14-23(37-4)15-13-22)26-17-31-27-11-6-5-10-24(26)27/h5-15,17,25,31H,16,18-19H2,1-4H3,(H,32,35)(H,33,36). The monoisotopic (exact) mass is 498 g/mol. The molecule has 192 valence electrons. The maximum absolute atomic E-state index is 12.9. The van der Waals surface area contributed by atoms with E-state index in [-0.39, 0.29) is 30.8 Å². The topological polar surface area (TPSA) is 86.5 Å². The third-order valence-electron chi connectivity index (χ3n) is 6.59. The number of ether oxygens (including phenoxy) is 1. The van der Waals surface area contributed by atoms with E-state index in [1.807, 2.05) is 80.7 Å². The highest BCUT2D eigenvalue weighted by Gasteiger charge is 2.20. The molecule has 0 bridgehead atoms. The minimum absolute atomic E-state index is 0.0522. The molecule has 0 aliphatic rings. The second kappa shape index (κ2) is 11.8. The normalized spacial score (nSPS) is 11.9. The molecule has 3 aromatic carbocycles. The van der Waals surface area contributed by atoms with Crippen LogP contribution in [0.2, 0.25) is 0 Å². The number of benzene rings is 3. The Morgan fingerprint density at radius 2 is 1.59 bits per heavy atom. The molecule has 7 nitrogen and oxygen atoms in total. The number of para-hydroxylation sites is 2. The quantitative estimate of drug-likeness (QED) is 0.298. The lowest BCUT2D eigenvalue weighted by Crippen LogP contribution is -2.40. The van der Waals surface area contributed by atoms with Crippen LogP contribution in [0.25, 0.3) is 10.9 Å². The number of aryl methyl sites for hydroxylation is 2. The maximum Gasteiger partial charge on any atom is 0.238 e. The molecule has 3 N–H and O–H groups in total. The fraction of sp³-hybridized carbons (Fsp3) is 0.267. The van der Waals surface area contributed by atoms with Gasteiger partial charge in [-0.05, 0) is 61.3 Å². The van der Waals surface area contributed by atoms with Gasteiger partial charge in [0.15, 0.2) is 0 Å². The number of carbonyl (C=O) groups excluding carboxylic acids is 2. The molecule has 0 radical (unpaired) electrons. The number of nitrogens with one attached hydrogen (secondary N) is 3. The van der Waals surface area contributed by atoms with Crippen molar-refractivity contribution in [2.24, 2.45) is 0 Å². The molecule has 0 spiro atoms. The van der Waals surface area contributed by atoms with Gasteiger partial charge in [0, 0.05) is 35.2 Å². The Morgan fingerprint density at radius 1 is 0.919 bits per heavy atom. The first-order chi connectivity index (χ1) is 17.9. The Morgan fingerprint density at radius 3 is 2.30 bits per heavy atom. The summed E-state index contributed by atoms with van der Waals surface area (Å²) in [5.74, 6) is 0.443. The fourth-order valence-electron chi connectivity index (χ4n) is 4.63. The van der Waals surface area contributed by atoms with Crippen molar-refractivity contribution in [1.82, 2.24) is 15.2 Å². The maximum atomic E-state index is 12.9. The van der Waals surface area contributed by atoms with Gasteiger partial charge in [0.05, 0.1) is 20.2 Å². The Bertz CT molecular complexity index is 1360. The Balaban J connectivity index is 1.40. The van der Waals surface area contributed by atoms with Gasteiger partial charge in [-0.25, -0.2) is 0 Å². The summed E-state index contributed by atoms with van der Waals surface area (Å²) >= 11 is 0. The Labute approximate surface area is 217 Å². The van der Waals surface area contributed by atoms with Crippen molar-refractivity contribution < 1.29 is 14.3 Å². The number of aromatic nitrogens is 1. The number of nitrogens with zero attached hydrogens (tertiary/aromatic N) is 1. The number of hydrogen-bond donors (Lipinski definition) is 3. The van der Waals surface area contributed by atoms with Crippen LogP contribution in [-0.4, -0.2) is 55.5 Å². The highest BCUT2D eigenvalue weighted by atomic mass is 16.5. The van der Waals surface area contributed by atoms with Crippen LogP contribution in [0.1, 0.15) is 28.2 Å². The molecular weight excluding hydrogens is 464 g/mol. The molecule has 4 rings (SSSR count). The van der Waals surface area contributed by atoms with E-state index in [0.717, 1.165) is 44.6 Å². The van der Waals surface area contributed by atoms with Crippen molar-refractivity contribution in [3.8, 4) is 5.75 Å². The number of aromatic amines is 1. The van der Waals surface area contributed by atoms with Gasteiger partial charge in [-0.15, -0.1) is 0 Å². The fourth-order valence-corrected chi connectivity index (χ4v) is 4.63. The number of fused-ring (bicyclic) bond motifs is 1. The molecule has 37 heavy (non-hydrogen) atoms. The zero-order valence-electron chi connectivity index (χ0n) is 21.8. The number of H-pyrrole nitrogens is 1. The van der Waals surface area contributed by atoms with Crippen molar-refractivity contribution in [3.05, 3.63) is 95.2 Å². The molecule has 0 aliphatic carbocycles. The summed E-state index contributed by atoms with van der Waals surface area (Å²) in [6, 6.07) is 22.0. The van der Waals surface area contributed by atoms with Crippen LogP contribution in [0.15, 0.2) is 72.9 Å². The van der Waals surface area contributed by atoms with Crippen molar-refractivity contribution in [2.75, 3.05) is 39.1 Å². The van der Waals surface area contributed by atoms with E-state index in [2.05, 4.69) is 21.7 Å². The van der Waals surface area contributed by atoms with E-state index in [9.17, 15) is 9.59 Å². The van der Waals surface area contributed by atoms with Gasteiger partial charge in [-0.2, -0.15) is 0 Å². The predicted octanol–water partition coefficient (Wildman–Crippen LogP) is 4.61. The van der Waals surface area contributed by atoms with Gasteiger partial charge < -0.3 is 20.4 Å². The highest BCUT2D eigenvalue weighted by Crippen LogP contribution is 2.31. The number of anilines is 1. The van der Waals surface area contributed by atoms with E-state index in [1.165, 1.54) is 0 Å². The van der Waals surface area contributed by atoms with Gasteiger partial charge in [0.2, 0.25) is 11.8 Å². The van der Waals surface area contributed by atoms with Gasteiger partial charge in [-0.3, -0.25) is 14.5 Å². The molecule has 1 unspecified atom stereocenters. The third kappa shape index (κ3) is 6.37. The van der Waals surface area contributed by atoms with Crippen LogP contribution in [-0.2, 0) is 9.59 Å². The SMILES string of the molecule is COc1ccc(C(CNC(=O)CN(C)CC(=O)Nc2c(C)cccc2C)c2c[nH]c3ccccc23)cc1. The largest absolute Gasteiger partial charge is 0.497 e. The van der Waals surface area contributed by atoms with Crippen LogP contribution in [0.5, 0.6) is 5.75 Å². The Hall–Kier alpha value is -4.10. The molecule has 7 heteroatoms. The first-order valence-corrected chi connectivity index (χ1v) is 12.4. The summed E-state index contributed by atoms with van der Waals surface area (Å²) in [6.07, 6.45) is 2.01. The van der Waals surface area contributed by atoms with E-state index >= 15 is 0 Å². The number of carbonyl (C=O) groups is 2. The zero-order valence-corrected chi connectivity index (χ0v) is 21.8. The number of hydrogen-bond acceptors (Lipinski definition) is 4. The number of amides is 2. The molecule has 0 saturated heterocycles. The van der Waals surface area contributed by atoms with Crippen LogP contribution in [0, 0.1) is 13.8 Å². The van der Waals surface area contributed by atoms with E-state index in [4.69, 9.17) is 4.74 Å². The first kappa shape index (κ1) is 26.0. The molecule has 1 atom stereocenters. The van der Waals surface area contributed by atoms with E-state index in [1.54, 1.807) is 19.1 Å². The Kier molecular flexibility index (Phi) is 8.25. The second-order valence-corrected chi connectivity index (χ2v) is 9.41. The van der Waals surface area contributed by atoms with Crippen molar-refractivity contribution >= 4 is 28.4 Å². The molecule has 0 saturated carbocycles. The third-order valence-corrected chi connectivity index (χ3v) is 6.59. The second-order valence-electron chi connectivity index (χ2n) is 9.41. The summed E-state index contributed by atoms with van der Waals surface area (Å²) in [5.41, 5.74) is 6.09. The van der Waals surface area contributed by atoms with Crippen LogP contribution in [0.4, 0.5) is 5.69 Å². The predicted molar refractivity (Wildman–Crippen MR) is 148 cm³/mol. The van der Waals surface area contributed by atoms with Crippen LogP contribution >= 0.6 is 0 Å². The molecule has 0 aliphatic heterocycles. The molecule has 1 aromatic heterocycles. The highest BCUT2D eigenvalue weighted by molar-refractivity contribution is 5.94. The smallest absolute Gasteiger partial charge is 0.238 e. The van der Waals surface area contributed by atoms with E-state index < -0.39 is 0 Å². The lowest BCUT2D eigenvalue weighted by atomic mass is 9.90. The lowest BCUT2D eigenvalue weighted by Gasteiger charge is -2.21. The van der Waals surface area contributed by atoms with Gasteiger partial charge in [0.1, 0.15) is 5.75 Å². The summed E-state index contributed by atoms with van der Waals surface area (Å²) in [7, 11) is 3.41. The van der Waals surface area contributed by atoms with Gasteiger partial charge in [-0.1, -0.05) is 48.5 Å². The number of likely N-dealkylation sites (N-methyl/N-ethyl adjacent to an activating group) is 1. The molecule has 4 aromatic rings. The number of methoxy groups -OCH3 is 1. The minimum Gasteiger partial charge on any atom is -0.497 e. The van der Waals surface area contributed by atoms with Crippen LogP contribution < -0.4 is 15.4 Å². The van der Waals surface area contributed by atoms with Crippen molar-refractivity contribution in [1.29, 1.82) is 0 Å². The summed E-state index contributed by atoms with van der Waals surface area (Å²) in [6.45, 7) is 4.59.